The molecule has 1 heterocycles. The van der Waals surface area contributed by atoms with Crippen LogP contribution in [-0.2, 0) is 9.59 Å². The number of carboxylic acids is 1. The molecule has 1 N–H and O–H groups in total. The van der Waals surface area contributed by atoms with Crippen LogP contribution in [0.15, 0.2) is 0 Å². The molecule has 0 radical (unpaired) electrons. The van der Waals surface area contributed by atoms with Crippen LogP contribution in [0.4, 0.5) is 0 Å². The molecule has 14 heavy (non-hydrogen) atoms. The van der Waals surface area contributed by atoms with Gasteiger partial charge in [-0.15, -0.1) is 0 Å². The molecule has 0 atom stereocenters. The van der Waals surface area contributed by atoms with Crippen molar-refractivity contribution in [2.24, 2.45) is 0 Å². The zero-order valence-electron chi connectivity index (χ0n) is 8.41. The summed E-state index contributed by atoms with van der Waals surface area (Å²) >= 11 is 0. The van der Waals surface area contributed by atoms with E-state index in [9.17, 15) is 14.7 Å². The third-order valence-electron chi connectivity index (χ3n) is 2.60. The molecular weight excluding hydrogens is 184 g/mol. The van der Waals surface area contributed by atoms with Crippen LogP contribution in [0.3, 0.4) is 0 Å². The Morgan fingerprint density at radius 2 is 1.93 bits per heavy atom. The molecule has 5 heteroatoms. The van der Waals surface area contributed by atoms with Gasteiger partial charge in [-0.2, -0.15) is 0 Å². The third kappa shape index (κ3) is 3.33. The van der Waals surface area contributed by atoms with Crippen LogP contribution >= 0.6 is 0 Å². The van der Waals surface area contributed by atoms with Crippen molar-refractivity contribution in [1.29, 1.82) is 0 Å². The highest BCUT2D eigenvalue weighted by molar-refractivity contribution is 5.73. The van der Waals surface area contributed by atoms with Crippen molar-refractivity contribution in [2.75, 3.05) is 32.7 Å². The lowest BCUT2D eigenvalue weighted by molar-refractivity contribution is -0.903. The number of nitrogens with one attached hydrogen (secondary N) is 1. The number of hydrogen-bond acceptors (Lipinski definition) is 3. The van der Waals surface area contributed by atoms with E-state index in [1.165, 1.54) is 4.90 Å². The minimum Gasteiger partial charge on any atom is -0.550 e. The van der Waals surface area contributed by atoms with Crippen molar-refractivity contribution in [2.45, 2.75) is 13.3 Å². The first-order valence-corrected chi connectivity index (χ1v) is 4.88. The number of aliphatic carboxylic acids is 1. The Labute approximate surface area is 83.3 Å². The molecule has 1 saturated heterocycles. The maximum absolute atomic E-state index is 11.0. The third-order valence-corrected chi connectivity index (χ3v) is 2.60. The zero-order chi connectivity index (χ0) is 10.6. The highest BCUT2D eigenvalue weighted by Gasteiger charge is 2.20. The zero-order valence-corrected chi connectivity index (χ0v) is 8.41. The maximum Gasteiger partial charge on any atom is 0.219 e. The van der Waals surface area contributed by atoms with Gasteiger partial charge in [-0.1, -0.05) is 0 Å². The summed E-state index contributed by atoms with van der Waals surface area (Å²) in [5, 5.41) is 10.2. The molecule has 1 aliphatic rings. The van der Waals surface area contributed by atoms with Crippen LogP contribution in [0.1, 0.15) is 13.3 Å². The molecule has 0 aromatic rings. The first-order chi connectivity index (χ1) is 6.59. The highest BCUT2D eigenvalue weighted by atomic mass is 16.4. The smallest absolute Gasteiger partial charge is 0.219 e. The van der Waals surface area contributed by atoms with Gasteiger partial charge in [0, 0.05) is 19.3 Å². The SMILES string of the molecule is CC(=O)N1CC[NH+](CCC(=O)[O-])CC1. The normalized spacial score (nSPS) is 18.2. The van der Waals surface area contributed by atoms with Crippen molar-refractivity contribution in [3.8, 4) is 0 Å². The lowest BCUT2D eigenvalue weighted by Gasteiger charge is -2.31. The molecule has 0 spiro atoms. The largest absolute Gasteiger partial charge is 0.550 e. The Morgan fingerprint density at radius 1 is 1.36 bits per heavy atom. The van der Waals surface area contributed by atoms with E-state index in [2.05, 4.69) is 0 Å². The summed E-state index contributed by atoms with van der Waals surface area (Å²) in [6.45, 7) is 5.31. The molecule has 0 aromatic carbocycles. The summed E-state index contributed by atoms with van der Waals surface area (Å²) < 4.78 is 0. The van der Waals surface area contributed by atoms with E-state index in [-0.39, 0.29) is 12.3 Å². The van der Waals surface area contributed by atoms with Crippen LogP contribution in [0, 0.1) is 0 Å². The summed E-state index contributed by atoms with van der Waals surface area (Å²) in [5.41, 5.74) is 0. The van der Waals surface area contributed by atoms with Gasteiger partial charge in [0.15, 0.2) is 0 Å². The van der Waals surface area contributed by atoms with E-state index in [1.54, 1.807) is 11.8 Å². The standard InChI is InChI=1S/C9H16N2O3/c1-8(12)11-6-4-10(5-7-11)3-2-9(13)14/h2-7H2,1H3,(H,13,14). The summed E-state index contributed by atoms with van der Waals surface area (Å²) in [7, 11) is 0. The van der Waals surface area contributed by atoms with Crippen LogP contribution in [0.25, 0.3) is 0 Å². The van der Waals surface area contributed by atoms with E-state index in [0.717, 1.165) is 26.2 Å². The number of nitrogens with zero attached hydrogens (tertiary/aromatic N) is 1. The minimum absolute atomic E-state index is 0.101. The second kappa shape index (κ2) is 4.95. The van der Waals surface area contributed by atoms with Crippen molar-refractivity contribution in [3.63, 3.8) is 0 Å². The number of carboxylic acid groups (broad SMARTS) is 1. The Morgan fingerprint density at radius 3 is 2.36 bits per heavy atom. The first kappa shape index (κ1) is 11.0. The fourth-order valence-corrected chi connectivity index (χ4v) is 1.67. The molecule has 80 valence electrons. The summed E-state index contributed by atoms with van der Waals surface area (Å²) in [5.74, 6) is -0.893. The Bertz CT molecular complexity index is 222. The monoisotopic (exact) mass is 200 g/mol. The summed E-state index contributed by atoms with van der Waals surface area (Å²) in [6, 6.07) is 0. The van der Waals surface area contributed by atoms with E-state index in [4.69, 9.17) is 0 Å². The second-order valence-corrected chi connectivity index (χ2v) is 3.63. The number of carbonyl (C=O) groups excluding carboxylic acids is 2. The number of piperazine rings is 1. The lowest BCUT2D eigenvalue weighted by Crippen LogP contribution is -3.15. The number of amides is 1. The van der Waals surface area contributed by atoms with E-state index in [1.807, 2.05) is 0 Å². The van der Waals surface area contributed by atoms with Crippen molar-refractivity contribution in [3.05, 3.63) is 0 Å². The first-order valence-electron chi connectivity index (χ1n) is 4.88. The molecule has 0 saturated carbocycles. The quantitative estimate of drug-likeness (QED) is 0.524. The topological polar surface area (TPSA) is 64.9 Å². The van der Waals surface area contributed by atoms with Crippen molar-refractivity contribution >= 4 is 11.9 Å². The fraction of sp³-hybridized carbons (Fsp3) is 0.778. The van der Waals surface area contributed by atoms with E-state index >= 15 is 0 Å². The summed E-state index contributed by atoms with van der Waals surface area (Å²) in [4.78, 5) is 24.2. The Balaban J connectivity index is 2.22. The molecule has 0 unspecified atom stereocenters. The van der Waals surface area contributed by atoms with Gasteiger partial charge in [0.05, 0.1) is 32.7 Å². The molecule has 1 rings (SSSR count). The van der Waals surface area contributed by atoms with Gasteiger partial charge in [-0.3, -0.25) is 4.79 Å². The Kier molecular flexibility index (Phi) is 3.88. The van der Waals surface area contributed by atoms with Crippen molar-refractivity contribution < 1.29 is 19.6 Å². The predicted octanol–water partition coefficient (Wildman–Crippen LogP) is -3.13. The van der Waals surface area contributed by atoms with Crippen LogP contribution < -0.4 is 10.0 Å². The molecule has 1 fully saturated rings. The van der Waals surface area contributed by atoms with Crippen molar-refractivity contribution in [1.82, 2.24) is 4.90 Å². The van der Waals surface area contributed by atoms with Gasteiger partial charge < -0.3 is 19.7 Å². The minimum atomic E-state index is -0.994. The number of hydrogen-bond donors (Lipinski definition) is 1. The van der Waals surface area contributed by atoms with E-state index in [0.29, 0.717) is 6.54 Å². The molecule has 1 amide bonds. The van der Waals surface area contributed by atoms with Gasteiger partial charge in [0.25, 0.3) is 0 Å². The second-order valence-electron chi connectivity index (χ2n) is 3.63. The number of quaternary nitrogens is 1. The molecule has 0 aliphatic carbocycles. The summed E-state index contributed by atoms with van der Waals surface area (Å²) in [6.07, 6.45) is 0.107. The van der Waals surface area contributed by atoms with Crippen LogP contribution in [-0.4, -0.2) is 49.5 Å². The highest BCUT2D eigenvalue weighted by Crippen LogP contribution is 1.89. The van der Waals surface area contributed by atoms with Crippen LogP contribution in [0.5, 0.6) is 0 Å². The van der Waals surface area contributed by atoms with Gasteiger partial charge in [-0.05, 0) is 0 Å². The van der Waals surface area contributed by atoms with E-state index < -0.39 is 5.97 Å². The average Bonchev–Trinajstić information content (AvgIpc) is 2.15. The lowest BCUT2D eigenvalue weighted by atomic mass is 10.3. The molecular formula is C9H16N2O3. The fourth-order valence-electron chi connectivity index (χ4n) is 1.67. The maximum atomic E-state index is 11.0. The van der Waals surface area contributed by atoms with Gasteiger partial charge in [0.2, 0.25) is 5.91 Å². The average molecular weight is 200 g/mol. The van der Waals surface area contributed by atoms with Gasteiger partial charge in [-0.25, -0.2) is 0 Å². The molecule has 5 nitrogen and oxygen atoms in total. The van der Waals surface area contributed by atoms with Gasteiger partial charge in [0.1, 0.15) is 0 Å². The molecule has 1 aliphatic heterocycles. The number of rotatable bonds is 3. The Hall–Kier alpha value is -1.10. The predicted molar refractivity (Wildman–Crippen MR) is 47.4 cm³/mol. The van der Waals surface area contributed by atoms with Crippen LogP contribution in [0.2, 0.25) is 0 Å². The van der Waals surface area contributed by atoms with Gasteiger partial charge >= 0.3 is 0 Å². The molecule has 0 aromatic heterocycles. The number of carbonyl (C=O) groups is 2. The molecule has 0 bridgehead atoms.